The number of rotatable bonds is 3. The van der Waals surface area contributed by atoms with Gasteiger partial charge >= 0.3 is 0 Å². The smallest absolute Gasteiger partial charge is 0.276 e. The number of para-hydroxylation sites is 2. The van der Waals surface area contributed by atoms with Crippen molar-refractivity contribution in [2.45, 2.75) is 18.8 Å². The molecule has 0 unspecified atom stereocenters. The van der Waals surface area contributed by atoms with Crippen LogP contribution >= 0.6 is 11.3 Å². The Morgan fingerprint density at radius 2 is 1.89 bits per heavy atom. The molecule has 0 spiro atoms. The van der Waals surface area contributed by atoms with Crippen molar-refractivity contribution in [3.63, 3.8) is 0 Å². The molecule has 5 rings (SSSR count). The van der Waals surface area contributed by atoms with E-state index in [2.05, 4.69) is 16.3 Å². The Bertz CT molecular complexity index is 1090. The van der Waals surface area contributed by atoms with Crippen LogP contribution in [0.5, 0.6) is 0 Å². The highest BCUT2D eigenvalue weighted by Gasteiger charge is 2.28. The van der Waals surface area contributed by atoms with Crippen LogP contribution in [0.4, 0.5) is 0 Å². The summed E-state index contributed by atoms with van der Waals surface area (Å²) < 4.78 is 1.20. The number of thiazole rings is 1. The molecule has 0 radical (unpaired) electrons. The minimum atomic E-state index is -0.0620. The molecule has 1 saturated heterocycles. The van der Waals surface area contributed by atoms with Gasteiger partial charge in [0, 0.05) is 19.0 Å². The first-order valence-corrected chi connectivity index (χ1v) is 10.2. The lowest BCUT2D eigenvalue weighted by Crippen LogP contribution is -2.39. The van der Waals surface area contributed by atoms with Gasteiger partial charge in [-0.2, -0.15) is 9.90 Å². The quantitative estimate of drug-likeness (QED) is 0.533. The Hall–Kier alpha value is -3.06. The molecule has 0 aliphatic carbocycles. The molecule has 1 aliphatic rings. The van der Waals surface area contributed by atoms with Gasteiger partial charge < -0.3 is 4.90 Å². The third kappa shape index (κ3) is 3.18. The number of hydrogen-bond donors (Lipinski definition) is 0. The van der Waals surface area contributed by atoms with Gasteiger partial charge in [-0.3, -0.25) is 4.79 Å². The van der Waals surface area contributed by atoms with Crippen LogP contribution in [0.2, 0.25) is 0 Å². The molecule has 0 N–H and O–H groups in total. The molecule has 1 aliphatic heterocycles. The maximum Gasteiger partial charge on any atom is 0.276 e. The summed E-state index contributed by atoms with van der Waals surface area (Å²) in [6.45, 7) is 1.43. The first kappa shape index (κ1) is 17.1. The number of carbonyl (C=O) groups excluding carboxylic acids is 1. The van der Waals surface area contributed by atoms with E-state index in [0.29, 0.717) is 12.2 Å². The molecular weight excluding hydrogens is 370 g/mol. The highest BCUT2D eigenvalue weighted by atomic mass is 32.1. The molecule has 4 aromatic rings. The summed E-state index contributed by atoms with van der Waals surface area (Å²) in [5, 5.41) is 9.76. The topological polar surface area (TPSA) is 63.9 Å². The molecule has 2 aromatic heterocycles. The Morgan fingerprint density at radius 3 is 2.75 bits per heavy atom. The number of carbonyl (C=O) groups is 1. The van der Waals surface area contributed by atoms with Crippen molar-refractivity contribution in [1.29, 1.82) is 0 Å². The van der Waals surface area contributed by atoms with E-state index in [-0.39, 0.29) is 11.8 Å². The monoisotopic (exact) mass is 389 g/mol. The zero-order valence-corrected chi connectivity index (χ0v) is 16.0. The molecular formula is C21H19N5OS. The number of benzene rings is 2. The van der Waals surface area contributed by atoms with E-state index in [4.69, 9.17) is 4.98 Å². The van der Waals surface area contributed by atoms with Gasteiger partial charge in [-0.1, -0.05) is 30.3 Å². The van der Waals surface area contributed by atoms with Gasteiger partial charge in [0.1, 0.15) is 0 Å². The van der Waals surface area contributed by atoms with E-state index < -0.39 is 0 Å². The zero-order valence-electron chi connectivity index (χ0n) is 15.2. The summed E-state index contributed by atoms with van der Waals surface area (Å²) in [4.78, 5) is 21.2. The second kappa shape index (κ2) is 7.16. The largest absolute Gasteiger partial charge is 0.336 e. The lowest BCUT2D eigenvalue weighted by Gasteiger charge is -2.31. The highest BCUT2D eigenvalue weighted by molar-refractivity contribution is 7.18. The number of amides is 1. The molecule has 7 heteroatoms. The van der Waals surface area contributed by atoms with Gasteiger partial charge in [0.25, 0.3) is 5.91 Å². The second-order valence-electron chi connectivity index (χ2n) is 6.96. The summed E-state index contributed by atoms with van der Waals surface area (Å²) in [6, 6.07) is 17.8. The molecule has 6 nitrogen and oxygen atoms in total. The van der Waals surface area contributed by atoms with E-state index in [1.165, 1.54) is 9.50 Å². The van der Waals surface area contributed by atoms with Crippen LogP contribution in [0.15, 0.2) is 60.8 Å². The van der Waals surface area contributed by atoms with Gasteiger partial charge in [-0.15, -0.1) is 16.4 Å². The van der Waals surface area contributed by atoms with E-state index in [1.807, 2.05) is 53.4 Å². The van der Waals surface area contributed by atoms with Gasteiger partial charge in [0.2, 0.25) is 0 Å². The number of likely N-dealkylation sites (tertiary alicyclic amines) is 1. The molecule has 0 bridgehead atoms. The zero-order chi connectivity index (χ0) is 18.9. The van der Waals surface area contributed by atoms with Crippen LogP contribution in [0.3, 0.4) is 0 Å². The summed E-state index contributed by atoms with van der Waals surface area (Å²) in [6.07, 6.45) is 3.58. The molecule has 140 valence electrons. The van der Waals surface area contributed by atoms with Gasteiger partial charge in [-0.05, 0) is 37.1 Å². The van der Waals surface area contributed by atoms with Crippen LogP contribution in [0.25, 0.3) is 15.9 Å². The van der Waals surface area contributed by atoms with Gasteiger partial charge in [0.05, 0.1) is 27.1 Å². The molecule has 1 amide bonds. The van der Waals surface area contributed by atoms with E-state index in [9.17, 15) is 4.79 Å². The Labute approximate surface area is 166 Å². The standard InChI is InChI=1S/C21H19N5OS/c27-21(18-13-22-26(24-18)16-8-2-1-3-9-16)25-12-6-7-15(14-25)20-23-17-10-4-5-11-19(17)28-20/h1-5,8-11,13,15H,6-7,12,14H2/t15-/m0/s1. The lowest BCUT2D eigenvalue weighted by atomic mass is 9.98. The van der Waals surface area contributed by atoms with Gasteiger partial charge in [-0.25, -0.2) is 4.98 Å². The van der Waals surface area contributed by atoms with Crippen LogP contribution in [0.1, 0.15) is 34.3 Å². The van der Waals surface area contributed by atoms with Crippen molar-refractivity contribution in [3.05, 3.63) is 71.5 Å². The minimum absolute atomic E-state index is 0.0620. The molecule has 3 heterocycles. The number of piperidine rings is 1. The fourth-order valence-electron chi connectivity index (χ4n) is 3.64. The average Bonchev–Trinajstić information content (AvgIpc) is 3.41. The number of aromatic nitrogens is 4. The van der Waals surface area contributed by atoms with Crippen molar-refractivity contribution in [2.75, 3.05) is 13.1 Å². The van der Waals surface area contributed by atoms with Crippen molar-refractivity contribution in [3.8, 4) is 5.69 Å². The van der Waals surface area contributed by atoms with E-state index in [1.54, 1.807) is 17.5 Å². The van der Waals surface area contributed by atoms with E-state index >= 15 is 0 Å². The summed E-state index contributed by atoms with van der Waals surface area (Å²) >= 11 is 1.73. The Balaban J connectivity index is 1.35. The molecule has 1 atom stereocenters. The fourth-order valence-corrected chi connectivity index (χ4v) is 4.73. The summed E-state index contributed by atoms with van der Waals surface area (Å²) in [5.74, 6) is 0.215. The number of hydrogen-bond acceptors (Lipinski definition) is 5. The molecule has 1 fully saturated rings. The lowest BCUT2D eigenvalue weighted by molar-refractivity contribution is 0.0700. The first-order chi connectivity index (χ1) is 13.8. The van der Waals surface area contributed by atoms with Crippen molar-refractivity contribution < 1.29 is 4.79 Å². The summed E-state index contributed by atoms with van der Waals surface area (Å²) in [5.41, 5.74) is 2.26. The third-order valence-electron chi connectivity index (χ3n) is 5.07. The predicted octanol–water partition coefficient (Wildman–Crippen LogP) is 3.90. The highest BCUT2D eigenvalue weighted by Crippen LogP contribution is 2.33. The van der Waals surface area contributed by atoms with Crippen LogP contribution in [-0.4, -0.2) is 43.9 Å². The summed E-state index contributed by atoms with van der Waals surface area (Å²) in [7, 11) is 0. The maximum absolute atomic E-state index is 13.0. The van der Waals surface area contributed by atoms with Crippen LogP contribution in [-0.2, 0) is 0 Å². The molecule has 28 heavy (non-hydrogen) atoms. The molecule has 2 aromatic carbocycles. The Morgan fingerprint density at radius 1 is 1.07 bits per heavy atom. The SMILES string of the molecule is O=C(c1cnn(-c2ccccc2)n1)N1CCC[C@H](c2nc3ccccc3s2)C1. The molecule has 0 saturated carbocycles. The van der Waals surface area contributed by atoms with Crippen LogP contribution < -0.4 is 0 Å². The van der Waals surface area contributed by atoms with Gasteiger partial charge in [0.15, 0.2) is 5.69 Å². The van der Waals surface area contributed by atoms with Crippen LogP contribution in [0, 0.1) is 0 Å². The minimum Gasteiger partial charge on any atom is -0.336 e. The van der Waals surface area contributed by atoms with Crippen molar-refractivity contribution >= 4 is 27.5 Å². The van der Waals surface area contributed by atoms with E-state index in [0.717, 1.165) is 35.6 Å². The normalized spacial score (nSPS) is 17.1. The third-order valence-corrected chi connectivity index (χ3v) is 6.27. The fraction of sp³-hybridized carbons (Fsp3) is 0.238. The van der Waals surface area contributed by atoms with Crippen molar-refractivity contribution in [2.24, 2.45) is 0 Å². The Kier molecular flexibility index (Phi) is 4.37. The maximum atomic E-state index is 13.0. The number of nitrogens with zero attached hydrogens (tertiary/aromatic N) is 5. The number of fused-ring (bicyclic) bond motifs is 1. The first-order valence-electron chi connectivity index (χ1n) is 9.40. The van der Waals surface area contributed by atoms with Crippen molar-refractivity contribution in [1.82, 2.24) is 24.9 Å². The average molecular weight is 389 g/mol. The second-order valence-corrected chi connectivity index (χ2v) is 8.03. The predicted molar refractivity (Wildman–Crippen MR) is 109 cm³/mol.